The van der Waals surface area contributed by atoms with Gasteiger partial charge >= 0.3 is 0 Å². The summed E-state index contributed by atoms with van der Waals surface area (Å²) in [5, 5.41) is 2.46. The SMILES string of the molecule is COC1(CNC(=O)c2c(F)ccc(N)c2F)CCOC1. The van der Waals surface area contributed by atoms with Crippen LogP contribution in [-0.2, 0) is 9.47 Å². The van der Waals surface area contributed by atoms with E-state index in [4.69, 9.17) is 15.2 Å². The summed E-state index contributed by atoms with van der Waals surface area (Å²) in [6.07, 6.45) is 0.603. The number of carbonyl (C=O) groups excluding carboxylic acids is 1. The van der Waals surface area contributed by atoms with Crippen LogP contribution in [-0.4, -0.2) is 38.4 Å². The van der Waals surface area contributed by atoms with E-state index in [2.05, 4.69) is 5.32 Å². The van der Waals surface area contributed by atoms with Gasteiger partial charge in [-0.05, 0) is 12.1 Å². The van der Waals surface area contributed by atoms with Crippen molar-refractivity contribution in [3.63, 3.8) is 0 Å². The summed E-state index contributed by atoms with van der Waals surface area (Å²) in [5.41, 5.74) is 3.72. The fourth-order valence-electron chi connectivity index (χ4n) is 2.07. The van der Waals surface area contributed by atoms with Crippen molar-refractivity contribution >= 4 is 11.6 Å². The van der Waals surface area contributed by atoms with Crippen LogP contribution in [0.4, 0.5) is 14.5 Å². The number of methoxy groups -OCH3 is 1. The summed E-state index contributed by atoms with van der Waals surface area (Å²) in [6, 6.07) is 2.03. The fourth-order valence-corrected chi connectivity index (χ4v) is 2.07. The second kappa shape index (κ2) is 5.72. The van der Waals surface area contributed by atoms with Gasteiger partial charge in [0.1, 0.15) is 17.0 Å². The molecule has 1 unspecified atom stereocenters. The largest absolute Gasteiger partial charge is 0.396 e. The molecule has 0 spiro atoms. The van der Waals surface area contributed by atoms with Gasteiger partial charge in [-0.2, -0.15) is 0 Å². The summed E-state index contributed by atoms with van der Waals surface area (Å²) in [7, 11) is 1.50. The number of nitrogen functional groups attached to an aromatic ring is 1. The van der Waals surface area contributed by atoms with Crippen LogP contribution in [0.5, 0.6) is 0 Å². The van der Waals surface area contributed by atoms with E-state index in [1.165, 1.54) is 7.11 Å². The zero-order chi connectivity index (χ0) is 14.8. The van der Waals surface area contributed by atoms with Crippen LogP contribution in [0.1, 0.15) is 16.8 Å². The molecule has 3 N–H and O–H groups in total. The second-order valence-corrected chi connectivity index (χ2v) is 4.70. The summed E-state index contributed by atoms with van der Waals surface area (Å²) in [6.45, 7) is 0.951. The van der Waals surface area contributed by atoms with Crippen LogP contribution in [0.15, 0.2) is 12.1 Å². The van der Waals surface area contributed by atoms with Gasteiger partial charge in [-0.1, -0.05) is 0 Å². The summed E-state index contributed by atoms with van der Waals surface area (Å²) in [5.74, 6) is -2.88. The van der Waals surface area contributed by atoms with Crippen molar-refractivity contribution in [2.45, 2.75) is 12.0 Å². The molecule has 0 aromatic heterocycles. The third kappa shape index (κ3) is 2.73. The van der Waals surface area contributed by atoms with Gasteiger partial charge in [-0.15, -0.1) is 0 Å². The van der Waals surface area contributed by atoms with Gasteiger partial charge in [0.05, 0.1) is 12.3 Å². The molecule has 0 bridgehead atoms. The molecular formula is C13H16F2N2O3. The molecule has 0 aliphatic carbocycles. The van der Waals surface area contributed by atoms with Crippen molar-refractivity contribution in [2.75, 3.05) is 32.6 Å². The van der Waals surface area contributed by atoms with Gasteiger partial charge in [0, 0.05) is 26.7 Å². The Morgan fingerprint density at radius 3 is 2.90 bits per heavy atom. The maximum Gasteiger partial charge on any atom is 0.257 e. The number of halogens is 2. The molecule has 1 aromatic carbocycles. The molecule has 1 amide bonds. The Kier molecular flexibility index (Phi) is 4.20. The molecule has 1 saturated heterocycles. The molecule has 1 atom stereocenters. The first kappa shape index (κ1) is 14.7. The highest BCUT2D eigenvalue weighted by atomic mass is 19.1. The van der Waals surface area contributed by atoms with Gasteiger partial charge < -0.3 is 20.5 Å². The number of ether oxygens (including phenoxy) is 2. The zero-order valence-corrected chi connectivity index (χ0v) is 11.0. The normalized spacial score (nSPS) is 21.9. The van der Waals surface area contributed by atoms with Crippen LogP contribution in [0.3, 0.4) is 0 Å². The average Bonchev–Trinajstić information content (AvgIpc) is 2.91. The first-order valence-corrected chi connectivity index (χ1v) is 6.14. The van der Waals surface area contributed by atoms with Crippen LogP contribution >= 0.6 is 0 Å². The van der Waals surface area contributed by atoms with E-state index >= 15 is 0 Å². The Labute approximate surface area is 115 Å². The van der Waals surface area contributed by atoms with Crippen LogP contribution in [0.25, 0.3) is 0 Å². The standard InChI is InChI=1S/C13H16F2N2O3/c1-19-13(4-5-20-7-13)6-17-12(18)10-8(14)2-3-9(16)11(10)15/h2-3H,4-7,16H2,1H3,(H,17,18). The molecule has 2 rings (SSSR count). The minimum atomic E-state index is -1.06. The molecule has 7 heteroatoms. The number of amides is 1. The van der Waals surface area contributed by atoms with Crippen molar-refractivity contribution < 1.29 is 23.0 Å². The molecule has 0 saturated carbocycles. The number of anilines is 1. The molecule has 0 radical (unpaired) electrons. The van der Waals surface area contributed by atoms with Gasteiger partial charge in [0.2, 0.25) is 0 Å². The Hall–Kier alpha value is -1.73. The molecule has 1 aliphatic rings. The quantitative estimate of drug-likeness (QED) is 0.812. The van der Waals surface area contributed by atoms with E-state index in [9.17, 15) is 13.6 Å². The van der Waals surface area contributed by atoms with E-state index in [-0.39, 0.29) is 12.2 Å². The van der Waals surface area contributed by atoms with E-state index in [1.807, 2.05) is 0 Å². The van der Waals surface area contributed by atoms with E-state index in [0.29, 0.717) is 19.6 Å². The minimum Gasteiger partial charge on any atom is -0.396 e. The molecule has 1 heterocycles. The predicted octanol–water partition coefficient (Wildman–Crippen LogP) is 1.08. The molecule has 1 aliphatic heterocycles. The number of hydrogen-bond donors (Lipinski definition) is 2. The van der Waals surface area contributed by atoms with E-state index in [1.54, 1.807) is 0 Å². The topological polar surface area (TPSA) is 73.6 Å². The average molecular weight is 286 g/mol. The molecule has 1 fully saturated rings. The minimum absolute atomic E-state index is 0.107. The van der Waals surface area contributed by atoms with Crippen molar-refractivity contribution in [1.29, 1.82) is 0 Å². The zero-order valence-electron chi connectivity index (χ0n) is 11.0. The lowest BCUT2D eigenvalue weighted by Crippen LogP contribution is -2.45. The number of hydrogen-bond acceptors (Lipinski definition) is 4. The Balaban J connectivity index is 2.11. The third-order valence-corrected chi connectivity index (χ3v) is 3.42. The van der Waals surface area contributed by atoms with Gasteiger partial charge in [-0.25, -0.2) is 8.78 Å². The van der Waals surface area contributed by atoms with Crippen LogP contribution in [0, 0.1) is 11.6 Å². The number of nitrogens with one attached hydrogen (secondary N) is 1. The monoisotopic (exact) mass is 286 g/mol. The van der Waals surface area contributed by atoms with Gasteiger partial charge in [0.15, 0.2) is 5.82 Å². The number of nitrogens with two attached hydrogens (primary N) is 1. The van der Waals surface area contributed by atoms with Crippen LogP contribution in [0.2, 0.25) is 0 Å². The van der Waals surface area contributed by atoms with Crippen molar-refractivity contribution in [1.82, 2.24) is 5.32 Å². The molecular weight excluding hydrogens is 270 g/mol. The lowest BCUT2D eigenvalue weighted by atomic mass is 10.0. The maximum absolute atomic E-state index is 13.7. The smallest absolute Gasteiger partial charge is 0.257 e. The second-order valence-electron chi connectivity index (χ2n) is 4.70. The Morgan fingerprint density at radius 2 is 2.30 bits per heavy atom. The maximum atomic E-state index is 13.7. The van der Waals surface area contributed by atoms with Crippen molar-refractivity contribution in [3.8, 4) is 0 Å². The van der Waals surface area contributed by atoms with E-state index < -0.39 is 28.7 Å². The molecule has 110 valence electrons. The predicted molar refractivity (Wildman–Crippen MR) is 68.3 cm³/mol. The number of rotatable bonds is 4. The summed E-state index contributed by atoms with van der Waals surface area (Å²) < 4.78 is 37.8. The Morgan fingerprint density at radius 1 is 1.55 bits per heavy atom. The van der Waals surface area contributed by atoms with E-state index in [0.717, 1.165) is 12.1 Å². The summed E-state index contributed by atoms with van der Waals surface area (Å²) in [4.78, 5) is 11.9. The van der Waals surface area contributed by atoms with Crippen molar-refractivity contribution in [3.05, 3.63) is 29.3 Å². The molecule has 5 nitrogen and oxygen atoms in total. The van der Waals surface area contributed by atoms with Crippen molar-refractivity contribution in [2.24, 2.45) is 0 Å². The highest BCUT2D eigenvalue weighted by molar-refractivity contribution is 5.95. The molecule has 20 heavy (non-hydrogen) atoms. The Bertz CT molecular complexity index is 517. The molecule has 1 aromatic rings. The number of carbonyl (C=O) groups is 1. The third-order valence-electron chi connectivity index (χ3n) is 3.42. The fraction of sp³-hybridized carbons (Fsp3) is 0.462. The lowest BCUT2D eigenvalue weighted by molar-refractivity contribution is -0.0149. The highest BCUT2D eigenvalue weighted by Gasteiger charge is 2.35. The summed E-state index contributed by atoms with van der Waals surface area (Å²) >= 11 is 0. The first-order chi connectivity index (χ1) is 9.49. The first-order valence-electron chi connectivity index (χ1n) is 6.14. The highest BCUT2D eigenvalue weighted by Crippen LogP contribution is 2.22. The van der Waals surface area contributed by atoms with Gasteiger partial charge in [0.25, 0.3) is 5.91 Å². The van der Waals surface area contributed by atoms with Crippen LogP contribution < -0.4 is 11.1 Å². The van der Waals surface area contributed by atoms with Gasteiger partial charge in [-0.3, -0.25) is 4.79 Å². The number of benzene rings is 1. The lowest BCUT2D eigenvalue weighted by Gasteiger charge is -2.25.